The van der Waals surface area contributed by atoms with E-state index in [2.05, 4.69) is 76.6 Å². The summed E-state index contributed by atoms with van der Waals surface area (Å²) in [5.74, 6) is 0.122. The summed E-state index contributed by atoms with van der Waals surface area (Å²) in [5, 5.41) is 0. The number of piperazine rings is 1. The summed E-state index contributed by atoms with van der Waals surface area (Å²) in [6, 6.07) is 29.4. The molecule has 0 aliphatic carbocycles. The minimum atomic E-state index is 0.122. The summed E-state index contributed by atoms with van der Waals surface area (Å²) < 4.78 is 0.941. The Morgan fingerprint density at radius 3 is 1.93 bits per heavy atom. The van der Waals surface area contributed by atoms with Gasteiger partial charge in [-0.1, -0.05) is 82.7 Å². The third-order valence-electron chi connectivity index (χ3n) is 5.44. The minimum absolute atomic E-state index is 0.122. The normalized spacial score (nSPS) is 15.0. The molecule has 0 radical (unpaired) electrons. The first-order valence-electron chi connectivity index (χ1n) is 9.72. The average Bonchev–Trinajstić information content (AvgIpc) is 2.75. The van der Waals surface area contributed by atoms with Crippen molar-refractivity contribution in [1.29, 1.82) is 0 Å². The molecule has 1 fully saturated rings. The molecule has 0 aromatic heterocycles. The summed E-state index contributed by atoms with van der Waals surface area (Å²) in [6.07, 6.45) is 0. The Balaban J connectivity index is 1.51. The topological polar surface area (TPSA) is 24.8 Å². The molecule has 142 valence electrons. The molecule has 1 amide bonds. The fourth-order valence-electron chi connectivity index (χ4n) is 4.04. The number of hydrogen-bond donors (Lipinski definition) is 1. The van der Waals surface area contributed by atoms with Crippen molar-refractivity contribution in [3.05, 3.63) is 106 Å². The number of benzene rings is 3. The lowest BCUT2D eigenvalue weighted by atomic mass is 9.96. The Kier molecular flexibility index (Phi) is 5.89. The fourth-order valence-corrected chi connectivity index (χ4v) is 4.44. The van der Waals surface area contributed by atoms with Crippen LogP contribution in [0.15, 0.2) is 89.4 Å². The second-order valence-corrected chi connectivity index (χ2v) is 8.13. The van der Waals surface area contributed by atoms with Gasteiger partial charge in [-0.15, -0.1) is 0 Å². The van der Waals surface area contributed by atoms with Gasteiger partial charge in [0, 0.05) is 21.2 Å². The number of nitrogens with zero attached hydrogens (tertiary/aromatic N) is 1. The molecule has 0 saturated carbocycles. The van der Waals surface area contributed by atoms with Gasteiger partial charge in [-0.2, -0.15) is 0 Å². The van der Waals surface area contributed by atoms with Gasteiger partial charge in [0.2, 0.25) is 0 Å². The maximum atomic E-state index is 12.9. The van der Waals surface area contributed by atoms with E-state index in [1.165, 1.54) is 16.0 Å². The van der Waals surface area contributed by atoms with Crippen molar-refractivity contribution in [2.45, 2.75) is 6.04 Å². The lowest BCUT2D eigenvalue weighted by Gasteiger charge is -2.37. The third kappa shape index (κ3) is 4.18. The van der Waals surface area contributed by atoms with Crippen molar-refractivity contribution in [2.75, 3.05) is 26.2 Å². The van der Waals surface area contributed by atoms with Gasteiger partial charge in [0.15, 0.2) is 0 Å². The molecule has 0 atom stereocenters. The van der Waals surface area contributed by atoms with Crippen LogP contribution in [0.3, 0.4) is 0 Å². The molecule has 28 heavy (non-hydrogen) atoms. The van der Waals surface area contributed by atoms with Crippen LogP contribution in [0.4, 0.5) is 0 Å². The molecule has 3 aromatic carbocycles. The summed E-state index contributed by atoms with van der Waals surface area (Å²) in [5.41, 5.74) is 3.41. The third-order valence-corrected chi connectivity index (χ3v) is 5.93. The molecule has 1 heterocycles. The number of hydrogen-bond acceptors (Lipinski definition) is 1. The van der Waals surface area contributed by atoms with Crippen LogP contribution in [0.5, 0.6) is 0 Å². The molecule has 0 bridgehead atoms. The molecule has 4 heteroatoms. The molecule has 4 rings (SSSR count). The molecular weight excluding hydrogens is 412 g/mol. The molecule has 0 unspecified atom stereocenters. The quantitative estimate of drug-likeness (QED) is 0.665. The van der Waals surface area contributed by atoms with Gasteiger partial charge in [-0.3, -0.25) is 4.79 Å². The van der Waals surface area contributed by atoms with E-state index in [9.17, 15) is 4.79 Å². The Morgan fingerprint density at radius 1 is 0.821 bits per heavy atom. The number of quaternary nitrogens is 1. The van der Waals surface area contributed by atoms with Gasteiger partial charge in [0.05, 0.1) is 26.2 Å². The first-order chi connectivity index (χ1) is 13.7. The standard InChI is InChI=1S/C24H23BrN2O/c25-22-13-7-12-21(18-22)24(28)27-16-14-26(15-17-27)23(19-8-3-1-4-9-19)20-10-5-2-6-11-20/h1-13,18,23H,14-17H2/p+1. The lowest BCUT2D eigenvalue weighted by molar-refractivity contribution is -0.929. The van der Waals surface area contributed by atoms with Crippen molar-refractivity contribution in [1.82, 2.24) is 4.90 Å². The Morgan fingerprint density at radius 2 is 1.39 bits per heavy atom. The van der Waals surface area contributed by atoms with Gasteiger partial charge in [-0.05, 0) is 18.2 Å². The van der Waals surface area contributed by atoms with Crippen LogP contribution in [0, 0.1) is 0 Å². The number of halogens is 1. The van der Waals surface area contributed by atoms with E-state index in [0.717, 1.165) is 36.2 Å². The highest BCUT2D eigenvalue weighted by atomic mass is 79.9. The highest BCUT2D eigenvalue weighted by Gasteiger charge is 2.31. The van der Waals surface area contributed by atoms with Crippen molar-refractivity contribution < 1.29 is 9.69 Å². The first-order valence-corrected chi connectivity index (χ1v) is 10.5. The molecule has 1 saturated heterocycles. The van der Waals surface area contributed by atoms with Gasteiger partial charge in [-0.25, -0.2) is 0 Å². The van der Waals surface area contributed by atoms with Gasteiger partial charge >= 0.3 is 0 Å². The predicted octanol–water partition coefficient (Wildman–Crippen LogP) is 3.58. The number of amides is 1. The molecule has 3 aromatic rings. The Hall–Kier alpha value is -2.43. The van der Waals surface area contributed by atoms with Crippen LogP contribution in [0.2, 0.25) is 0 Å². The van der Waals surface area contributed by atoms with E-state index < -0.39 is 0 Å². The maximum absolute atomic E-state index is 12.9. The van der Waals surface area contributed by atoms with Crippen LogP contribution >= 0.6 is 15.9 Å². The van der Waals surface area contributed by atoms with Crippen molar-refractivity contribution in [3.8, 4) is 0 Å². The second kappa shape index (κ2) is 8.72. The minimum Gasteiger partial charge on any atom is -0.327 e. The highest BCUT2D eigenvalue weighted by molar-refractivity contribution is 9.10. The SMILES string of the molecule is O=C(c1cccc(Br)c1)N1CC[NH+](C(c2ccccc2)c2ccccc2)CC1. The highest BCUT2D eigenvalue weighted by Crippen LogP contribution is 2.20. The van der Waals surface area contributed by atoms with Crippen LogP contribution in [0.25, 0.3) is 0 Å². The fraction of sp³-hybridized carbons (Fsp3) is 0.208. The van der Waals surface area contributed by atoms with E-state index in [-0.39, 0.29) is 5.91 Å². The van der Waals surface area contributed by atoms with E-state index in [4.69, 9.17) is 0 Å². The molecule has 0 spiro atoms. The zero-order valence-electron chi connectivity index (χ0n) is 15.7. The zero-order chi connectivity index (χ0) is 19.3. The van der Waals surface area contributed by atoms with Crippen molar-refractivity contribution in [3.63, 3.8) is 0 Å². The summed E-state index contributed by atoms with van der Waals surface area (Å²) in [7, 11) is 0. The maximum Gasteiger partial charge on any atom is 0.254 e. The summed E-state index contributed by atoms with van der Waals surface area (Å²) in [6.45, 7) is 3.43. The molecule has 1 N–H and O–H groups in total. The largest absolute Gasteiger partial charge is 0.327 e. The van der Waals surface area contributed by atoms with E-state index in [1.54, 1.807) is 0 Å². The monoisotopic (exact) mass is 435 g/mol. The Bertz CT molecular complexity index is 882. The molecule has 1 aliphatic rings. The summed E-state index contributed by atoms with van der Waals surface area (Å²) >= 11 is 3.46. The number of carbonyl (C=O) groups is 1. The van der Waals surface area contributed by atoms with Gasteiger partial charge < -0.3 is 9.80 Å². The van der Waals surface area contributed by atoms with Crippen LogP contribution < -0.4 is 4.90 Å². The lowest BCUT2D eigenvalue weighted by Crippen LogP contribution is -3.15. The predicted molar refractivity (Wildman–Crippen MR) is 115 cm³/mol. The second-order valence-electron chi connectivity index (χ2n) is 7.22. The Labute approximate surface area is 174 Å². The molecule has 1 aliphatic heterocycles. The summed E-state index contributed by atoms with van der Waals surface area (Å²) in [4.78, 5) is 16.4. The van der Waals surface area contributed by atoms with E-state index >= 15 is 0 Å². The van der Waals surface area contributed by atoms with Crippen LogP contribution in [0.1, 0.15) is 27.5 Å². The smallest absolute Gasteiger partial charge is 0.254 e. The van der Waals surface area contributed by atoms with Gasteiger partial charge in [0.1, 0.15) is 6.04 Å². The van der Waals surface area contributed by atoms with Crippen molar-refractivity contribution in [2.24, 2.45) is 0 Å². The number of carbonyl (C=O) groups excluding carboxylic acids is 1. The molecular formula is C24H24BrN2O+. The number of rotatable bonds is 4. The van der Waals surface area contributed by atoms with E-state index in [1.807, 2.05) is 29.2 Å². The van der Waals surface area contributed by atoms with Crippen LogP contribution in [-0.4, -0.2) is 37.0 Å². The van der Waals surface area contributed by atoms with Crippen LogP contribution in [-0.2, 0) is 0 Å². The first kappa shape index (κ1) is 18.9. The molecule has 3 nitrogen and oxygen atoms in total. The average molecular weight is 436 g/mol. The van der Waals surface area contributed by atoms with Crippen molar-refractivity contribution >= 4 is 21.8 Å². The zero-order valence-corrected chi connectivity index (χ0v) is 17.3. The van der Waals surface area contributed by atoms with E-state index in [0.29, 0.717) is 6.04 Å². The van der Waals surface area contributed by atoms with Gasteiger partial charge in [0.25, 0.3) is 5.91 Å². The number of nitrogens with one attached hydrogen (secondary N) is 1.